The maximum Gasteiger partial charge on any atom is 0.356 e. The monoisotopic (exact) mass is 355 g/mol. The minimum absolute atomic E-state index is 0.0598. The lowest BCUT2D eigenvalue weighted by Gasteiger charge is -2.30. The first-order chi connectivity index (χ1) is 11.0. The zero-order valence-corrected chi connectivity index (χ0v) is 13.2. The van der Waals surface area contributed by atoms with E-state index in [0.29, 0.717) is 10.8 Å². The molecular formula is C13H11Cl2N5O3. The highest BCUT2D eigenvalue weighted by Gasteiger charge is 2.22. The Morgan fingerprint density at radius 3 is 1.78 bits per heavy atom. The Kier molecular flexibility index (Phi) is 5.78. The summed E-state index contributed by atoms with van der Waals surface area (Å²) in [7, 11) is 0. The van der Waals surface area contributed by atoms with Gasteiger partial charge in [0.05, 0.1) is 24.8 Å². The standard InChI is InChI=1S/C8H8ClN3O.C5H3ClN2O2/c9-7-5-10-6(4-11-7)8(13)12-2-1-3-12;6-4-2-7-3(1-8-4)5(9)10/h4-5H,1-3H2;1-2H,(H,9,10). The van der Waals surface area contributed by atoms with Crippen LogP contribution in [0.15, 0.2) is 24.8 Å². The van der Waals surface area contributed by atoms with Crippen molar-refractivity contribution in [2.75, 3.05) is 13.1 Å². The smallest absolute Gasteiger partial charge is 0.356 e. The normalized spacial score (nSPS) is 12.7. The van der Waals surface area contributed by atoms with Gasteiger partial charge in [0, 0.05) is 13.1 Å². The summed E-state index contributed by atoms with van der Waals surface area (Å²) in [6, 6.07) is 0. The fourth-order valence-corrected chi connectivity index (χ4v) is 1.72. The second-order valence-electron chi connectivity index (χ2n) is 4.40. The van der Waals surface area contributed by atoms with Crippen LogP contribution >= 0.6 is 23.2 Å². The number of nitrogens with zero attached hydrogens (tertiary/aromatic N) is 5. The molecule has 1 N–H and O–H groups in total. The van der Waals surface area contributed by atoms with Crippen molar-refractivity contribution >= 4 is 35.1 Å². The summed E-state index contributed by atoms with van der Waals surface area (Å²) < 4.78 is 0. The first kappa shape index (κ1) is 17.0. The van der Waals surface area contributed by atoms with E-state index in [1.807, 2.05) is 0 Å². The van der Waals surface area contributed by atoms with Gasteiger partial charge in [-0.3, -0.25) is 4.79 Å². The Labute approximate surface area is 141 Å². The average Bonchev–Trinajstić information content (AvgIpc) is 2.47. The Bertz CT molecular complexity index is 690. The van der Waals surface area contributed by atoms with Crippen molar-refractivity contribution in [2.24, 2.45) is 0 Å². The van der Waals surface area contributed by atoms with E-state index in [1.54, 1.807) is 4.90 Å². The minimum atomic E-state index is -1.11. The molecule has 0 aliphatic carbocycles. The lowest BCUT2D eigenvalue weighted by Crippen LogP contribution is -2.42. The lowest BCUT2D eigenvalue weighted by atomic mass is 10.2. The molecule has 120 valence electrons. The van der Waals surface area contributed by atoms with Crippen LogP contribution in [0.3, 0.4) is 0 Å². The maximum atomic E-state index is 11.5. The number of aromatic nitrogens is 4. The van der Waals surface area contributed by atoms with Gasteiger partial charge in [-0.05, 0) is 6.42 Å². The molecule has 0 saturated carbocycles. The maximum absolute atomic E-state index is 11.5. The van der Waals surface area contributed by atoms with Gasteiger partial charge in [0.2, 0.25) is 0 Å². The van der Waals surface area contributed by atoms with Crippen molar-refractivity contribution in [3.8, 4) is 0 Å². The Morgan fingerprint density at radius 2 is 1.43 bits per heavy atom. The summed E-state index contributed by atoms with van der Waals surface area (Å²) >= 11 is 10.9. The highest BCUT2D eigenvalue weighted by molar-refractivity contribution is 6.29. The zero-order valence-electron chi connectivity index (χ0n) is 11.7. The molecule has 2 aromatic heterocycles. The Morgan fingerprint density at radius 1 is 0.913 bits per heavy atom. The predicted octanol–water partition coefficient (Wildman–Crippen LogP) is 1.80. The van der Waals surface area contributed by atoms with Gasteiger partial charge in [-0.25, -0.2) is 24.7 Å². The number of carbonyl (C=O) groups excluding carboxylic acids is 1. The van der Waals surface area contributed by atoms with Gasteiger partial charge < -0.3 is 10.0 Å². The van der Waals surface area contributed by atoms with Crippen LogP contribution in [-0.4, -0.2) is 54.9 Å². The first-order valence-electron chi connectivity index (χ1n) is 6.45. The molecule has 0 atom stereocenters. The molecule has 1 fully saturated rings. The van der Waals surface area contributed by atoms with E-state index < -0.39 is 5.97 Å². The summed E-state index contributed by atoms with van der Waals surface area (Å²) in [5, 5.41) is 8.82. The number of hydrogen-bond donors (Lipinski definition) is 1. The second kappa shape index (κ2) is 7.80. The molecule has 0 spiro atoms. The van der Waals surface area contributed by atoms with Gasteiger partial charge in [0.1, 0.15) is 16.0 Å². The molecule has 23 heavy (non-hydrogen) atoms. The lowest BCUT2D eigenvalue weighted by molar-refractivity contribution is 0.0643. The molecule has 1 amide bonds. The van der Waals surface area contributed by atoms with Gasteiger partial charge >= 0.3 is 5.97 Å². The molecular weight excluding hydrogens is 345 g/mol. The fourth-order valence-electron chi connectivity index (χ4n) is 1.53. The third-order valence-corrected chi connectivity index (χ3v) is 3.21. The SMILES string of the molecule is O=C(O)c1cnc(Cl)cn1.O=C(c1cnc(Cl)cn1)N1CCC1. The van der Waals surface area contributed by atoms with E-state index >= 15 is 0 Å². The van der Waals surface area contributed by atoms with E-state index in [0.717, 1.165) is 25.7 Å². The molecule has 0 bridgehead atoms. The van der Waals surface area contributed by atoms with Gasteiger partial charge in [-0.15, -0.1) is 0 Å². The van der Waals surface area contributed by atoms with Crippen LogP contribution in [0.25, 0.3) is 0 Å². The number of amides is 1. The predicted molar refractivity (Wildman–Crippen MR) is 81.6 cm³/mol. The summed E-state index contributed by atoms with van der Waals surface area (Å²) in [5.41, 5.74) is 0.258. The number of carbonyl (C=O) groups is 2. The topological polar surface area (TPSA) is 109 Å². The largest absolute Gasteiger partial charge is 0.476 e. The van der Waals surface area contributed by atoms with Crippen molar-refractivity contribution in [1.29, 1.82) is 0 Å². The molecule has 3 heterocycles. The summed E-state index contributed by atoms with van der Waals surface area (Å²) in [6.07, 6.45) is 6.15. The van der Waals surface area contributed by atoms with Crippen LogP contribution in [0.5, 0.6) is 0 Å². The molecule has 2 aromatic rings. The third-order valence-electron chi connectivity index (χ3n) is 2.82. The van der Waals surface area contributed by atoms with E-state index in [-0.39, 0.29) is 16.8 Å². The van der Waals surface area contributed by atoms with E-state index in [9.17, 15) is 9.59 Å². The molecule has 0 unspecified atom stereocenters. The van der Waals surface area contributed by atoms with E-state index in [1.165, 1.54) is 18.6 Å². The molecule has 1 aliphatic heterocycles. The number of halogens is 2. The van der Waals surface area contributed by atoms with Crippen molar-refractivity contribution in [1.82, 2.24) is 24.8 Å². The van der Waals surface area contributed by atoms with Crippen LogP contribution in [-0.2, 0) is 0 Å². The first-order valence-corrected chi connectivity index (χ1v) is 7.20. The number of aromatic carboxylic acids is 1. The number of hydrogen-bond acceptors (Lipinski definition) is 6. The molecule has 0 radical (unpaired) electrons. The van der Waals surface area contributed by atoms with Crippen LogP contribution in [0.1, 0.15) is 27.4 Å². The molecule has 8 nitrogen and oxygen atoms in total. The van der Waals surface area contributed by atoms with Crippen molar-refractivity contribution in [3.63, 3.8) is 0 Å². The summed E-state index contributed by atoms with van der Waals surface area (Å²) in [6.45, 7) is 1.65. The highest BCUT2D eigenvalue weighted by atomic mass is 35.5. The molecule has 0 aromatic carbocycles. The number of rotatable bonds is 2. The summed E-state index contributed by atoms with van der Waals surface area (Å²) in [4.78, 5) is 38.1. The van der Waals surface area contributed by atoms with Crippen LogP contribution in [0, 0.1) is 0 Å². The third kappa shape index (κ3) is 4.83. The van der Waals surface area contributed by atoms with Crippen molar-refractivity contribution < 1.29 is 14.7 Å². The van der Waals surface area contributed by atoms with Crippen molar-refractivity contribution in [3.05, 3.63) is 46.5 Å². The minimum Gasteiger partial charge on any atom is -0.476 e. The average molecular weight is 356 g/mol. The van der Waals surface area contributed by atoms with Gasteiger partial charge in [0.15, 0.2) is 5.69 Å². The molecule has 10 heteroatoms. The van der Waals surface area contributed by atoms with Crippen LogP contribution in [0.4, 0.5) is 0 Å². The molecule has 1 aliphatic rings. The van der Waals surface area contributed by atoms with E-state index in [2.05, 4.69) is 19.9 Å². The number of carboxylic acid groups (broad SMARTS) is 1. The van der Waals surface area contributed by atoms with Gasteiger partial charge in [-0.2, -0.15) is 0 Å². The summed E-state index contributed by atoms with van der Waals surface area (Å²) in [5.74, 6) is -1.17. The van der Waals surface area contributed by atoms with Gasteiger partial charge in [0.25, 0.3) is 5.91 Å². The van der Waals surface area contributed by atoms with Crippen molar-refractivity contribution in [2.45, 2.75) is 6.42 Å². The van der Waals surface area contributed by atoms with Gasteiger partial charge in [-0.1, -0.05) is 23.2 Å². The number of likely N-dealkylation sites (tertiary alicyclic amines) is 1. The Balaban J connectivity index is 0.000000174. The van der Waals surface area contributed by atoms with E-state index in [4.69, 9.17) is 28.3 Å². The Hall–Kier alpha value is -2.32. The second-order valence-corrected chi connectivity index (χ2v) is 5.17. The van der Waals surface area contributed by atoms with Crippen LogP contribution < -0.4 is 0 Å². The fraction of sp³-hybridized carbons (Fsp3) is 0.231. The quantitative estimate of drug-likeness (QED) is 0.874. The number of carboxylic acids is 1. The van der Waals surface area contributed by atoms with Crippen LogP contribution in [0.2, 0.25) is 10.3 Å². The molecule has 1 saturated heterocycles. The molecule has 3 rings (SSSR count). The highest BCUT2D eigenvalue weighted by Crippen LogP contribution is 2.11. The zero-order chi connectivity index (χ0) is 16.8.